The van der Waals surface area contributed by atoms with Crippen LogP contribution in [0.2, 0.25) is 0 Å². The molecular weight excluding hydrogens is 418 g/mol. The Morgan fingerprint density at radius 2 is 1.97 bits per heavy atom. The number of methoxy groups -OCH3 is 1. The van der Waals surface area contributed by atoms with Crippen LogP contribution in [-0.2, 0) is 21.2 Å². The van der Waals surface area contributed by atoms with Gasteiger partial charge in [-0.05, 0) is 31.0 Å². The van der Waals surface area contributed by atoms with Gasteiger partial charge in [0.2, 0.25) is 15.9 Å². The van der Waals surface area contributed by atoms with Gasteiger partial charge in [0.05, 0.1) is 23.9 Å². The highest BCUT2D eigenvalue weighted by molar-refractivity contribution is 7.89. The van der Waals surface area contributed by atoms with Crippen LogP contribution in [0.4, 0.5) is 5.69 Å². The van der Waals surface area contributed by atoms with Crippen molar-refractivity contribution in [3.8, 4) is 17.1 Å². The average molecular weight is 442 g/mol. The van der Waals surface area contributed by atoms with Crippen molar-refractivity contribution in [3.05, 3.63) is 60.6 Å². The van der Waals surface area contributed by atoms with Gasteiger partial charge in [0.25, 0.3) is 0 Å². The zero-order chi connectivity index (χ0) is 21.8. The fourth-order valence-electron chi connectivity index (χ4n) is 3.04. The van der Waals surface area contributed by atoms with Gasteiger partial charge in [0, 0.05) is 24.4 Å². The number of rotatable bonds is 9. The van der Waals surface area contributed by atoms with Crippen LogP contribution in [0.3, 0.4) is 0 Å². The summed E-state index contributed by atoms with van der Waals surface area (Å²) < 4.78 is 38.5. The highest BCUT2D eigenvalue weighted by Crippen LogP contribution is 2.29. The Morgan fingerprint density at radius 3 is 2.68 bits per heavy atom. The maximum Gasteiger partial charge on any atom is 0.240 e. The Morgan fingerprint density at radius 1 is 1.19 bits per heavy atom. The number of nitrogens with one attached hydrogen (secondary N) is 2. The third-order valence-corrected chi connectivity index (χ3v) is 6.35. The molecule has 9 heteroatoms. The van der Waals surface area contributed by atoms with Crippen molar-refractivity contribution in [3.63, 3.8) is 0 Å². The number of benzene rings is 2. The summed E-state index contributed by atoms with van der Waals surface area (Å²) in [5.41, 5.74) is 1.21. The Balaban J connectivity index is 1.41. The van der Waals surface area contributed by atoms with E-state index in [1.165, 1.54) is 25.3 Å². The number of nitrogens with zero attached hydrogens (tertiary/aromatic N) is 1. The molecule has 2 aromatic carbocycles. The van der Waals surface area contributed by atoms with Crippen LogP contribution in [0.5, 0.6) is 5.75 Å². The Hall–Kier alpha value is -3.17. The molecule has 4 rings (SSSR count). The monoisotopic (exact) mass is 441 g/mol. The van der Waals surface area contributed by atoms with Gasteiger partial charge >= 0.3 is 0 Å². The van der Waals surface area contributed by atoms with Crippen molar-refractivity contribution in [2.75, 3.05) is 12.4 Å². The van der Waals surface area contributed by atoms with E-state index >= 15 is 0 Å². The fraction of sp³-hybridized carbons (Fsp3) is 0.273. The molecule has 1 saturated carbocycles. The molecule has 0 radical (unpaired) electrons. The number of aromatic nitrogens is 1. The van der Waals surface area contributed by atoms with Crippen LogP contribution in [0.1, 0.15) is 25.2 Å². The lowest BCUT2D eigenvalue weighted by Crippen LogP contribution is -2.26. The third-order valence-electron chi connectivity index (χ3n) is 4.83. The zero-order valence-corrected chi connectivity index (χ0v) is 17.8. The first-order chi connectivity index (χ1) is 14.9. The molecule has 2 N–H and O–H groups in total. The SMILES string of the molecule is COc1ccc(S(=O)(=O)NC2CC2)cc1NC(=O)CCc1ncc(-c2ccccc2)o1. The van der Waals surface area contributed by atoms with Crippen molar-refractivity contribution in [2.45, 2.75) is 36.6 Å². The van der Waals surface area contributed by atoms with Crippen molar-refractivity contribution in [1.29, 1.82) is 0 Å². The summed E-state index contributed by atoms with van der Waals surface area (Å²) in [7, 11) is -2.18. The van der Waals surface area contributed by atoms with Crippen LogP contribution < -0.4 is 14.8 Å². The summed E-state index contributed by atoms with van der Waals surface area (Å²) >= 11 is 0. The summed E-state index contributed by atoms with van der Waals surface area (Å²) in [5.74, 6) is 1.16. The first-order valence-corrected chi connectivity index (χ1v) is 11.4. The smallest absolute Gasteiger partial charge is 0.240 e. The van der Waals surface area contributed by atoms with E-state index in [1.54, 1.807) is 6.20 Å². The number of oxazole rings is 1. The molecule has 1 amide bonds. The Bertz CT molecular complexity index is 1170. The lowest BCUT2D eigenvalue weighted by atomic mass is 10.2. The molecule has 3 aromatic rings. The molecule has 0 bridgehead atoms. The molecule has 1 aliphatic rings. The van der Waals surface area contributed by atoms with Crippen LogP contribution in [0.15, 0.2) is 64.0 Å². The van der Waals surface area contributed by atoms with Crippen molar-refractivity contribution in [2.24, 2.45) is 0 Å². The number of hydrogen-bond acceptors (Lipinski definition) is 6. The van der Waals surface area contributed by atoms with Crippen LogP contribution in [0, 0.1) is 0 Å². The van der Waals surface area contributed by atoms with Gasteiger partial charge in [-0.25, -0.2) is 18.1 Å². The van der Waals surface area contributed by atoms with E-state index < -0.39 is 10.0 Å². The highest BCUT2D eigenvalue weighted by atomic mass is 32.2. The van der Waals surface area contributed by atoms with E-state index in [0.717, 1.165) is 18.4 Å². The first-order valence-electron chi connectivity index (χ1n) is 9.95. The van der Waals surface area contributed by atoms with Crippen molar-refractivity contribution >= 4 is 21.6 Å². The van der Waals surface area contributed by atoms with E-state index in [1.807, 2.05) is 30.3 Å². The average Bonchev–Trinajstić information content (AvgIpc) is 3.44. The lowest BCUT2D eigenvalue weighted by Gasteiger charge is -2.12. The van der Waals surface area contributed by atoms with E-state index in [4.69, 9.17) is 9.15 Å². The van der Waals surface area contributed by atoms with E-state index in [-0.39, 0.29) is 23.3 Å². The summed E-state index contributed by atoms with van der Waals surface area (Å²) in [6.07, 6.45) is 3.74. The predicted octanol–water partition coefficient (Wildman–Crippen LogP) is 3.36. The maximum absolute atomic E-state index is 12.5. The van der Waals surface area contributed by atoms with Gasteiger partial charge in [-0.3, -0.25) is 4.79 Å². The van der Waals surface area contributed by atoms with Gasteiger partial charge in [-0.1, -0.05) is 30.3 Å². The fourth-order valence-corrected chi connectivity index (χ4v) is 4.37. The minimum Gasteiger partial charge on any atom is -0.495 e. The van der Waals surface area contributed by atoms with E-state index in [9.17, 15) is 13.2 Å². The van der Waals surface area contributed by atoms with E-state index in [0.29, 0.717) is 29.5 Å². The number of hydrogen-bond donors (Lipinski definition) is 2. The zero-order valence-electron chi connectivity index (χ0n) is 17.0. The number of anilines is 1. The quantitative estimate of drug-likeness (QED) is 0.527. The summed E-state index contributed by atoms with van der Waals surface area (Å²) in [6.45, 7) is 0. The normalized spacial score (nSPS) is 13.7. The second-order valence-corrected chi connectivity index (χ2v) is 9.00. The third kappa shape index (κ3) is 5.31. The van der Waals surface area contributed by atoms with Crippen molar-refractivity contribution < 1.29 is 22.4 Å². The Labute approximate surface area is 180 Å². The molecular formula is C22H23N3O5S. The molecule has 1 aromatic heterocycles. The molecule has 8 nitrogen and oxygen atoms in total. The van der Waals surface area contributed by atoms with E-state index in [2.05, 4.69) is 15.0 Å². The molecule has 0 unspecified atom stereocenters. The molecule has 31 heavy (non-hydrogen) atoms. The molecule has 0 aliphatic heterocycles. The van der Waals surface area contributed by atoms with Gasteiger partial charge in [-0.2, -0.15) is 0 Å². The molecule has 162 valence electrons. The van der Waals surface area contributed by atoms with Crippen LogP contribution >= 0.6 is 0 Å². The predicted molar refractivity (Wildman–Crippen MR) is 115 cm³/mol. The molecule has 0 spiro atoms. The molecule has 1 fully saturated rings. The second-order valence-electron chi connectivity index (χ2n) is 7.29. The number of amides is 1. The number of sulfonamides is 1. The van der Waals surface area contributed by atoms with Gasteiger partial charge < -0.3 is 14.5 Å². The lowest BCUT2D eigenvalue weighted by molar-refractivity contribution is -0.116. The standard InChI is InChI=1S/C22H23N3O5S/c1-29-19-10-9-17(31(27,28)25-16-7-8-16)13-18(19)24-21(26)11-12-22-23-14-20(30-22)15-5-3-2-4-6-15/h2-6,9-10,13-14,16,25H,7-8,11-12H2,1H3,(H,24,26). The minimum atomic E-state index is -3.64. The van der Waals surface area contributed by atoms with Crippen molar-refractivity contribution in [1.82, 2.24) is 9.71 Å². The second kappa shape index (κ2) is 8.91. The maximum atomic E-state index is 12.5. The molecule has 1 aliphatic carbocycles. The summed E-state index contributed by atoms with van der Waals surface area (Å²) in [5, 5.41) is 2.73. The number of carbonyl (C=O) groups is 1. The van der Waals surface area contributed by atoms with Gasteiger partial charge in [0.15, 0.2) is 11.7 Å². The number of ether oxygens (including phenoxy) is 1. The summed E-state index contributed by atoms with van der Waals surface area (Å²) in [4.78, 5) is 16.8. The largest absolute Gasteiger partial charge is 0.495 e. The summed E-state index contributed by atoms with van der Waals surface area (Å²) in [6, 6.07) is 14.0. The Kier molecular flexibility index (Phi) is 6.06. The van der Waals surface area contributed by atoms with Crippen LogP contribution in [-0.4, -0.2) is 32.5 Å². The minimum absolute atomic E-state index is 0.00767. The van der Waals surface area contributed by atoms with Gasteiger partial charge in [-0.15, -0.1) is 0 Å². The molecule has 0 atom stereocenters. The highest BCUT2D eigenvalue weighted by Gasteiger charge is 2.28. The topological polar surface area (TPSA) is 111 Å². The van der Waals surface area contributed by atoms with Gasteiger partial charge in [0.1, 0.15) is 5.75 Å². The molecule has 1 heterocycles. The molecule has 0 saturated heterocycles. The number of aryl methyl sites for hydroxylation is 1. The van der Waals surface area contributed by atoms with Crippen LogP contribution in [0.25, 0.3) is 11.3 Å². The number of carbonyl (C=O) groups excluding carboxylic acids is 1. The first kappa shape index (κ1) is 21.1.